The fourth-order valence-electron chi connectivity index (χ4n) is 4.62. The van der Waals surface area contributed by atoms with Gasteiger partial charge in [0.25, 0.3) is 0 Å². The summed E-state index contributed by atoms with van der Waals surface area (Å²) < 4.78 is 52.0. The number of aromatic nitrogens is 1. The van der Waals surface area contributed by atoms with Crippen LogP contribution in [0.5, 0.6) is 11.5 Å². The second kappa shape index (κ2) is 9.34. The predicted molar refractivity (Wildman–Crippen MR) is 142 cm³/mol. The summed E-state index contributed by atoms with van der Waals surface area (Å²) in [7, 11) is 0. The molecule has 202 valence electrons. The Hall–Kier alpha value is -2.44. The van der Waals surface area contributed by atoms with Crippen molar-refractivity contribution in [3.05, 3.63) is 74.2 Å². The van der Waals surface area contributed by atoms with Gasteiger partial charge in [-0.25, -0.2) is 4.98 Å². The lowest BCUT2D eigenvalue weighted by atomic mass is 9.92. The number of nitrogens with zero attached hydrogens (tertiary/aromatic N) is 1. The van der Waals surface area contributed by atoms with Crippen LogP contribution in [-0.4, -0.2) is 26.5 Å². The topological polar surface area (TPSA) is 110 Å². The molecule has 1 aliphatic carbocycles. The number of hydrogen-bond donors (Lipinski definition) is 2. The van der Waals surface area contributed by atoms with Gasteiger partial charge in [-0.2, -0.15) is 0 Å². The zero-order valence-electron chi connectivity index (χ0n) is 21.0. The number of ether oxygens (including phenoxy) is 2. The molecule has 0 saturated heterocycles. The first-order valence-electron chi connectivity index (χ1n) is 11.8. The van der Waals surface area contributed by atoms with E-state index < -0.39 is 39.8 Å². The van der Waals surface area contributed by atoms with Crippen LogP contribution in [-0.2, 0) is 21.6 Å². The van der Waals surface area contributed by atoms with E-state index in [9.17, 15) is 18.1 Å². The summed E-state index contributed by atoms with van der Waals surface area (Å²) >= 11 is 6.51. The highest BCUT2D eigenvalue weighted by molar-refractivity contribution is 7.90. The molecule has 3 N–H and O–H groups in total. The average molecular weight is 582 g/mol. The first kappa shape index (κ1) is 27.1. The summed E-state index contributed by atoms with van der Waals surface area (Å²) in [5, 5.41) is 1.18. The van der Waals surface area contributed by atoms with Gasteiger partial charge in [-0.3, -0.25) is 4.79 Å². The van der Waals surface area contributed by atoms with E-state index >= 15 is 0 Å². The minimum atomic E-state index is -3.76. The van der Waals surface area contributed by atoms with Crippen molar-refractivity contribution in [2.45, 2.75) is 62.5 Å². The molecule has 1 amide bonds. The molecule has 1 fully saturated rings. The Labute approximate surface area is 231 Å². The van der Waals surface area contributed by atoms with Gasteiger partial charge in [0.15, 0.2) is 11.5 Å². The standard InChI is InChI=1S/C26H26ClF2N3O4S2/c1-13-21(20(32-38(34)24(2,3)4)15-7-5-6-8-17(15)27)37-22(31-13)16-12-25(16,23(30)33)14-9-10-18-19(11-14)36-26(28,29)35-18/h5-11,16,20,32H,12H2,1-4H3,(H2,30,33). The lowest BCUT2D eigenvalue weighted by molar-refractivity contribution is -0.286. The van der Waals surface area contributed by atoms with Gasteiger partial charge in [-0.05, 0) is 63.4 Å². The van der Waals surface area contributed by atoms with Crippen LogP contribution >= 0.6 is 22.9 Å². The average Bonchev–Trinajstić information content (AvgIpc) is 3.36. The van der Waals surface area contributed by atoms with Gasteiger partial charge in [-0.1, -0.05) is 35.9 Å². The highest BCUT2D eigenvalue weighted by atomic mass is 35.5. The van der Waals surface area contributed by atoms with Crippen molar-refractivity contribution < 1.29 is 27.6 Å². The Morgan fingerprint density at radius 3 is 2.61 bits per heavy atom. The molecule has 2 heterocycles. The molecule has 0 spiro atoms. The van der Waals surface area contributed by atoms with E-state index in [2.05, 4.69) is 14.2 Å². The number of primary amides is 1. The number of halogens is 3. The molecule has 2 aromatic carbocycles. The Morgan fingerprint density at radius 1 is 1.26 bits per heavy atom. The predicted octanol–water partition coefficient (Wildman–Crippen LogP) is 5.48. The molecule has 2 aliphatic rings. The van der Waals surface area contributed by atoms with Crippen molar-refractivity contribution in [2.75, 3.05) is 0 Å². The van der Waals surface area contributed by atoms with Crippen LogP contribution < -0.4 is 19.9 Å². The quantitative estimate of drug-likeness (QED) is 0.358. The van der Waals surface area contributed by atoms with Gasteiger partial charge in [0.1, 0.15) is 10.8 Å². The van der Waals surface area contributed by atoms with E-state index in [1.54, 1.807) is 12.1 Å². The van der Waals surface area contributed by atoms with E-state index in [-0.39, 0.29) is 17.4 Å². The number of carbonyl (C=O) groups is 1. The Balaban J connectivity index is 1.51. The number of carbonyl (C=O) groups excluding carboxylic acids is 1. The van der Waals surface area contributed by atoms with Crippen LogP contribution in [0.25, 0.3) is 0 Å². The van der Waals surface area contributed by atoms with Crippen molar-refractivity contribution in [2.24, 2.45) is 5.73 Å². The van der Waals surface area contributed by atoms with E-state index in [0.717, 1.165) is 10.4 Å². The number of benzene rings is 2. The van der Waals surface area contributed by atoms with Gasteiger partial charge < -0.3 is 19.8 Å². The van der Waals surface area contributed by atoms with E-state index in [1.807, 2.05) is 45.9 Å². The molecule has 1 aliphatic heterocycles. The van der Waals surface area contributed by atoms with Crippen LogP contribution in [0.2, 0.25) is 5.02 Å². The summed E-state index contributed by atoms with van der Waals surface area (Å²) in [6.45, 7) is 7.46. The third-order valence-electron chi connectivity index (χ3n) is 6.72. The molecule has 1 aromatic heterocycles. The highest BCUT2D eigenvalue weighted by Crippen LogP contribution is 2.62. The number of nitrogens with one attached hydrogen (secondary N) is 1. The fraction of sp³-hybridized carbons (Fsp3) is 0.385. The molecule has 0 bridgehead atoms. The molecule has 1 saturated carbocycles. The van der Waals surface area contributed by atoms with Gasteiger partial charge in [0.2, 0.25) is 5.91 Å². The minimum absolute atomic E-state index is 0.108. The maximum atomic E-state index is 13.6. The van der Waals surface area contributed by atoms with Crippen LogP contribution in [0.3, 0.4) is 0 Å². The lowest BCUT2D eigenvalue weighted by Gasteiger charge is -2.28. The summed E-state index contributed by atoms with van der Waals surface area (Å²) in [6.07, 6.45) is -3.40. The van der Waals surface area contributed by atoms with Gasteiger partial charge >= 0.3 is 6.29 Å². The zero-order valence-corrected chi connectivity index (χ0v) is 23.4. The van der Waals surface area contributed by atoms with Crippen LogP contribution in [0.1, 0.15) is 65.9 Å². The van der Waals surface area contributed by atoms with Crippen molar-refractivity contribution in [3.8, 4) is 11.5 Å². The number of alkyl halides is 2. The summed E-state index contributed by atoms with van der Waals surface area (Å²) in [5.74, 6) is -1.21. The molecule has 12 heteroatoms. The molecule has 3 aromatic rings. The third kappa shape index (κ3) is 4.75. The normalized spacial score (nSPS) is 23.2. The highest BCUT2D eigenvalue weighted by Gasteiger charge is 2.63. The van der Waals surface area contributed by atoms with Crippen molar-refractivity contribution in [1.29, 1.82) is 0 Å². The molecule has 0 radical (unpaired) electrons. The summed E-state index contributed by atoms with van der Waals surface area (Å²) in [5.41, 5.74) is 6.65. The Morgan fingerprint density at radius 2 is 1.95 bits per heavy atom. The van der Waals surface area contributed by atoms with Gasteiger partial charge in [0.05, 0.1) is 21.0 Å². The van der Waals surface area contributed by atoms with E-state index in [0.29, 0.717) is 27.7 Å². The van der Waals surface area contributed by atoms with Crippen molar-refractivity contribution in [3.63, 3.8) is 0 Å². The molecule has 4 atom stereocenters. The smallest absolute Gasteiger partial charge is 0.586 e. The second-order valence-corrected chi connectivity index (χ2v) is 13.8. The molecule has 7 nitrogen and oxygen atoms in total. The largest absolute Gasteiger partial charge is 0.598 e. The van der Waals surface area contributed by atoms with E-state index in [4.69, 9.17) is 22.3 Å². The Bertz CT molecular complexity index is 1410. The first-order valence-corrected chi connectivity index (χ1v) is 14.2. The number of hydrogen-bond acceptors (Lipinski definition) is 7. The van der Waals surface area contributed by atoms with Crippen LogP contribution in [0.4, 0.5) is 8.78 Å². The lowest BCUT2D eigenvalue weighted by Crippen LogP contribution is -2.41. The minimum Gasteiger partial charge on any atom is -0.598 e. The first-order chi connectivity index (χ1) is 17.7. The monoisotopic (exact) mass is 581 g/mol. The van der Waals surface area contributed by atoms with Crippen LogP contribution in [0.15, 0.2) is 42.5 Å². The molecule has 5 rings (SSSR count). The maximum absolute atomic E-state index is 13.6. The molecule has 4 unspecified atom stereocenters. The summed E-state index contributed by atoms with van der Waals surface area (Å²) in [4.78, 5) is 18.3. The zero-order chi connectivity index (χ0) is 27.6. The fourth-order valence-corrected chi connectivity index (χ4v) is 7.08. The van der Waals surface area contributed by atoms with Gasteiger partial charge in [0, 0.05) is 22.3 Å². The number of rotatable bonds is 7. The van der Waals surface area contributed by atoms with Crippen molar-refractivity contribution >= 4 is 40.2 Å². The molecular formula is C26H26ClF2N3O4S2. The number of fused-ring (bicyclic) bond motifs is 1. The third-order valence-corrected chi connectivity index (χ3v) is 9.97. The summed E-state index contributed by atoms with van der Waals surface area (Å²) in [6, 6.07) is 11.1. The number of amides is 1. The maximum Gasteiger partial charge on any atom is 0.586 e. The second-order valence-electron chi connectivity index (χ2n) is 10.4. The number of thiazole rings is 1. The van der Waals surface area contributed by atoms with E-state index in [1.165, 1.54) is 23.5 Å². The number of aryl methyl sites for hydroxylation is 1. The SMILES string of the molecule is Cc1nc(C2CC2(C(N)=O)c2ccc3c(c2)OC(F)(F)O3)sc1C(N[S+]([O-])C(C)(C)C)c1ccccc1Cl. The van der Waals surface area contributed by atoms with Crippen LogP contribution in [0, 0.1) is 6.92 Å². The van der Waals surface area contributed by atoms with Crippen molar-refractivity contribution in [1.82, 2.24) is 9.71 Å². The van der Waals surface area contributed by atoms with Gasteiger partial charge in [-0.15, -0.1) is 24.8 Å². The Kier molecular flexibility index (Phi) is 6.67. The molecular weight excluding hydrogens is 556 g/mol. The molecule has 38 heavy (non-hydrogen) atoms. The number of nitrogens with two attached hydrogens (primary N) is 1.